The zero-order valence-corrected chi connectivity index (χ0v) is 15.5. The summed E-state index contributed by atoms with van der Waals surface area (Å²) < 4.78 is 7.11. The first-order valence-electron chi connectivity index (χ1n) is 8.32. The fourth-order valence-corrected chi connectivity index (χ4v) is 3.31. The van der Waals surface area contributed by atoms with Gasteiger partial charge in [-0.15, -0.1) is 0 Å². The van der Waals surface area contributed by atoms with Crippen molar-refractivity contribution in [3.8, 4) is 11.4 Å². The summed E-state index contributed by atoms with van der Waals surface area (Å²) in [5.74, 6) is 0.886. The van der Waals surface area contributed by atoms with Crippen LogP contribution in [-0.4, -0.2) is 23.9 Å². The summed E-state index contributed by atoms with van der Waals surface area (Å²) in [6.45, 7) is 3.72. The van der Waals surface area contributed by atoms with E-state index in [2.05, 4.69) is 24.3 Å². The maximum atomic E-state index is 6.63. The average Bonchev–Trinajstić information content (AvgIpc) is 2.91. The molecular weight excluding hydrogens is 334 g/mol. The first kappa shape index (κ1) is 17.5. The lowest BCUT2D eigenvalue weighted by Gasteiger charge is -2.14. The van der Waals surface area contributed by atoms with Crippen LogP contribution < -0.4 is 9.64 Å². The van der Waals surface area contributed by atoms with Crippen molar-refractivity contribution in [2.45, 2.75) is 20.0 Å². The molecule has 0 amide bonds. The Morgan fingerprint density at radius 2 is 1.84 bits per heavy atom. The molecule has 0 spiro atoms. The Labute approximate surface area is 153 Å². The van der Waals surface area contributed by atoms with Crippen LogP contribution in [0.25, 0.3) is 5.69 Å². The number of halogens is 1. The van der Waals surface area contributed by atoms with E-state index in [1.165, 1.54) is 10.5 Å². The lowest BCUT2D eigenvalue weighted by Crippen LogP contribution is -3.06. The van der Waals surface area contributed by atoms with Crippen LogP contribution in [0.2, 0.25) is 5.15 Å². The Morgan fingerprint density at radius 1 is 1.08 bits per heavy atom. The molecule has 0 fully saturated rings. The van der Waals surface area contributed by atoms with Crippen molar-refractivity contribution in [3.63, 3.8) is 0 Å². The molecule has 2 aromatic carbocycles. The summed E-state index contributed by atoms with van der Waals surface area (Å²) in [5.41, 5.74) is 4.28. The molecule has 130 valence electrons. The summed E-state index contributed by atoms with van der Waals surface area (Å²) in [4.78, 5) is 1.34. The Balaban J connectivity index is 1.77. The average molecular weight is 357 g/mol. The summed E-state index contributed by atoms with van der Waals surface area (Å²) in [7, 11) is 3.85. The minimum Gasteiger partial charge on any atom is -0.497 e. The van der Waals surface area contributed by atoms with E-state index in [0.717, 1.165) is 35.8 Å². The van der Waals surface area contributed by atoms with Crippen LogP contribution in [0.5, 0.6) is 5.75 Å². The number of rotatable bonds is 6. The molecule has 0 bridgehead atoms. The van der Waals surface area contributed by atoms with E-state index in [9.17, 15) is 0 Å². The second-order valence-corrected chi connectivity index (χ2v) is 6.62. The van der Waals surface area contributed by atoms with Crippen LogP contribution in [0.15, 0.2) is 54.6 Å². The van der Waals surface area contributed by atoms with Crippen molar-refractivity contribution in [2.24, 2.45) is 0 Å². The van der Waals surface area contributed by atoms with Crippen LogP contribution in [0.4, 0.5) is 0 Å². The van der Waals surface area contributed by atoms with Gasteiger partial charge in [0, 0.05) is 5.56 Å². The molecular formula is C20H23ClN3O+. The van der Waals surface area contributed by atoms with Crippen LogP contribution in [0, 0.1) is 6.92 Å². The lowest BCUT2D eigenvalue weighted by atomic mass is 10.2. The number of benzene rings is 2. The standard InChI is InChI=1S/C20H22ClN3O/c1-15-19(20(21)24(22-15)17-9-5-4-6-10-17)14-23(2)13-16-8-7-11-18(12-16)25-3/h4-12H,13-14H2,1-3H3/p+1. The van der Waals surface area contributed by atoms with Crippen molar-refractivity contribution >= 4 is 11.6 Å². The van der Waals surface area contributed by atoms with Gasteiger partial charge in [0.1, 0.15) is 24.0 Å². The number of quaternary nitrogens is 1. The first-order valence-corrected chi connectivity index (χ1v) is 8.70. The number of hydrogen-bond acceptors (Lipinski definition) is 2. The van der Waals surface area contributed by atoms with Gasteiger partial charge in [-0.25, -0.2) is 4.68 Å². The van der Waals surface area contributed by atoms with Crippen molar-refractivity contribution in [1.82, 2.24) is 9.78 Å². The fourth-order valence-electron chi connectivity index (χ4n) is 2.97. The van der Waals surface area contributed by atoms with Gasteiger partial charge in [-0.2, -0.15) is 5.10 Å². The quantitative estimate of drug-likeness (QED) is 0.736. The van der Waals surface area contributed by atoms with Gasteiger partial charge in [-0.3, -0.25) is 0 Å². The van der Waals surface area contributed by atoms with Crippen LogP contribution in [0.1, 0.15) is 16.8 Å². The minimum absolute atomic E-state index is 0.689. The van der Waals surface area contributed by atoms with Crippen LogP contribution in [-0.2, 0) is 13.1 Å². The topological polar surface area (TPSA) is 31.5 Å². The lowest BCUT2D eigenvalue weighted by molar-refractivity contribution is -0.907. The number of ether oxygens (including phenoxy) is 1. The normalized spacial score (nSPS) is 12.2. The molecule has 4 nitrogen and oxygen atoms in total. The molecule has 1 unspecified atom stereocenters. The number of nitrogens with zero attached hydrogens (tertiary/aromatic N) is 2. The van der Waals surface area contributed by atoms with Gasteiger partial charge in [0.15, 0.2) is 0 Å². The van der Waals surface area contributed by atoms with Gasteiger partial charge >= 0.3 is 0 Å². The summed E-state index contributed by atoms with van der Waals surface area (Å²) in [5, 5.41) is 5.31. The number of hydrogen-bond donors (Lipinski definition) is 1. The second-order valence-electron chi connectivity index (χ2n) is 6.26. The smallest absolute Gasteiger partial charge is 0.142 e. The third kappa shape index (κ3) is 4.03. The maximum Gasteiger partial charge on any atom is 0.142 e. The molecule has 3 aromatic rings. The highest BCUT2D eigenvalue weighted by atomic mass is 35.5. The molecule has 1 N–H and O–H groups in total. The van der Waals surface area contributed by atoms with Gasteiger partial charge in [-0.1, -0.05) is 41.9 Å². The molecule has 0 aliphatic heterocycles. The van der Waals surface area contributed by atoms with E-state index in [0.29, 0.717) is 5.15 Å². The highest BCUT2D eigenvalue weighted by molar-refractivity contribution is 6.30. The Hall–Kier alpha value is -2.30. The van der Waals surface area contributed by atoms with Crippen LogP contribution >= 0.6 is 11.6 Å². The first-order chi connectivity index (χ1) is 12.1. The molecule has 25 heavy (non-hydrogen) atoms. The highest BCUT2D eigenvalue weighted by Gasteiger charge is 2.18. The molecule has 5 heteroatoms. The van der Waals surface area contributed by atoms with Gasteiger partial charge in [0.05, 0.1) is 31.1 Å². The van der Waals surface area contributed by atoms with E-state index in [1.807, 2.05) is 54.1 Å². The second kappa shape index (κ2) is 7.72. The van der Waals surface area contributed by atoms with E-state index < -0.39 is 0 Å². The van der Waals surface area contributed by atoms with E-state index in [4.69, 9.17) is 16.3 Å². The largest absolute Gasteiger partial charge is 0.497 e. The molecule has 3 rings (SSSR count). The van der Waals surface area contributed by atoms with Gasteiger partial charge < -0.3 is 9.64 Å². The van der Waals surface area contributed by atoms with Crippen molar-refractivity contribution in [2.75, 3.05) is 14.2 Å². The third-order valence-electron chi connectivity index (χ3n) is 4.24. The SMILES string of the molecule is COc1cccc(C[NH+](C)Cc2c(C)nn(-c3ccccc3)c2Cl)c1. The van der Waals surface area contributed by atoms with Gasteiger partial charge in [-0.05, 0) is 31.2 Å². The van der Waals surface area contributed by atoms with E-state index in [-0.39, 0.29) is 0 Å². The molecule has 0 aliphatic rings. The molecule has 1 atom stereocenters. The zero-order valence-electron chi connectivity index (χ0n) is 14.8. The molecule has 0 radical (unpaired) electrons. The van der Waals surface area contributed by atoms with Crippen molar-refractivity contribution in [1.29, 1.82) is 0 Å². The maximum absolute atomic E-state index is 6.63. The monoisotopic (exact) mass is 356 g/mol. The Bertz CT molecular complexity index is 845. The van der Waals surface area contributed by atoms with Crippen molar-refractivity contribution < 1.29 is 9.64 Å². The summed E-state index contributed by atoms with van der Waals surface area (Å²) in [6.07, 6.45) is 0. The molecule has 0 saturated carbocycles. The van der Waals surface area contributed by atoms with Crippen LogP contribution in [0.3, 0.4) is 0 Å². The number of nitrogens with one attached hydrogen (secondary N) is 1. The predicted molar refractivity (Wildman–Crippen MR) is 101 cm³/mol. The molecule has 1 heterocycles. The molecule has 0 aliphatic carbocycles. The fraction of sp³-hybridized carbons (Fsp3) is 0.250. The Kier molecular flexibility index (Phi) is 5.41. The number of aromatic nitrogens is 2. The van der Waals surface area contributed by atoms with Crippen molar-refractivity contribution in [3.05, 3.63) is 76.6 Å². The van der Waals surface area contributed by atoms with E-state index >= 15 is 0 Å². The number of para-hydroxylation sites is 1. The zero-order chi connectivity index (χ0) is 17.8. The van der Waals surface area contributed by atoms with Gasteiger partial charge in [0.25, 0.3) is 0 Å². The minimum atomic E-state index is 0.689. The molecule has 0 saturated heterocycles. The van der Waals surface area contributed by atoms with E-state index in [1.54, 1.807) is 7.11 Å². The number of methoxy groups -OCH3 is 1. The van der Waals surface area contributed by atoms with Gasteiger partial charge in [0.2, 0.25) is 0 Å². The summed E-state index contributed by atoms with van der Waals surface area (Å²) >= 11 is 6.63. The third-order valence-corrected chi connectivity index (χ3v) is 4.63. The molecule has 1 aromatic heterocycles. The predicted octanol–water partition coefficient (Wildman–Crippen LogP) is 3.06. The number of aryl methyl sites for hydroxylation is 1. The Morgan fingerprint density at radius 3 is 2.56 bits per heavy atom. The highest BCUT2D eigenvalue weighted by Crippen LogP contribution is 2.22. The summed E-state index contributed by atoms with van der Waals surface area (Å²) in [6, 6.07) is 18.2.